The fourth-order valence-corrected chi connectivity index (χ4v) is 4.63. The normalized spacial score (nSPS) is 17.2. The van der Waals surface area contributed by atoms with E-state index in [0.29, 0.717) is 13.1 Å². The highest BCUT2D eigenvalue weighted by molar-refractivity contribution is 7.15. The van der Waals surface area contributed by atoms with Crippen LogP contribution in [0.25, 0.3) is 4.83 Å². The van der Waals surface area contributed by atoms with E-state index in [2.05, 4.69) is 16.7 Å². The van der Waals surface area contributed by atoms with E-state index in [1.54, 1.807) is 28.4 Å². The number of imidazole rings is 1. The Morgan fingerprint density at radius 2 is 2.19 bits per heavy atom. The number of hydrogen-bond acceptors (Lipinski definition) is 4. The van der Waals surface area contributed by atoms with Gasteiger partial charge in [-0.2, -0.15) is 0 Å². The van der Waals surface area contributed by atoms with Gasteiger partial charge >= 0.3 is 0 Å². The molecule has 1 saturated heterocycles. The Kier molecular flexibility index (Phi) is 4.40. The maximum atomic E-state index is 13.6. The number of fused-ring (bicyclic) bond motifs is 1. The molecular formula is C19H20FN3O2S. The van der Waals surface area contributed by atoms with Gasteiger partial charge in [0, 0.05) is 30.1 Å². The van der Waals surface area contributed by atoms with Crippen LogP contribution in [0.2, 0.25) is 0 Å². The lowest BCUT2D eigenvalue weighted by Gasteiger charge is -2.16. The largest absolute Gasteiger partial charge is 0.481 e. The third-order valence-electron chi connectivity index (χ3n) is 4.84. The molecule has 5 nitrogen and oxygen atoms in total. The number of aryl methyl sites for hydroxylation is 2. The maximum absolute atomic E-state index is 13.6. The molecular weight excluding hydrogens is 353 g/mol. The number of amides is 1. The van der Waals surface area contributed by atoms with E-state index in [0.717, 1.165) is 17.9 Å². The Balaban J connectivity index is 1.43. The van der Waals surface area contributed by atoms with E-state index >= 15 is 0 Å². The molecule has 1 aliphatic rings. The molecule has 136 valence electrons. The average molecular weight is 373 g/mol. The van der Waals surface area contributed by atoms with Gasteiger partial charge in [-0.15, -0.1) is 11.3 Å². The van der Waals surface area contributed by atoms with E-state index in [9.17, 15) is 9.18 Å². The Labute approximate surface area is 155 Å². The summed E-state index contributed by atoms with van der Waals surface area (Å²) < 4.78 is 21.1. The summed E-state index contributed by atoms with van der Waals surface area (Å²) in [4.78, 5) is 20.1. The number of ether oxygens (including phenoxy) is 1. The second-order valence-corrected chi connectivity index (χ2v) is 7.46. The summed E-state index contributed by atoms with van der Waals surface area (Å²) in [6.45, 7) is 5.24. The van der Waals surface area contributed by atoms with E-state index in [4.69, 9.17) is 9.72 Å². The first-order chi connectivity index (χ1) is 12.5. The fraction of sp³-hybridized carbons (Fsp3) is 0.368. The van der Waals surface area contributed by atoms with Crippen LogP contribution in [0, 0.1) is 19.7 Å². The van der Waals surface area contributed by atoms with Gasteiger partial charge in [-0.1, -0.05) is 12.1 Å². The molecule has 0 saturated carbocycles. The molecule has 0 aliphatic carbocycles. The van der Waals surface area contributed by atoms with Crippen molar-refractivity contribution >= 4 is 22.1 Å². The summed E-state index contributed by atoms with van der Waals surface area (Å²) in [5, 5.41) is 2.13. The molecule has 2 aromatic heterocycles. The van der Waals surface area contributed by atoms with Gasteiger partial charge in [-0.05, 0) is 32.4 Å². The predicted octanol–water partition coefficient (Wildman–Crippen LogP) is 3.55. The molecule has 0 bridgehead atoms. The number of nitrogens with zero attached hydrogens (tertiary/aromatic N) is 3. The van der Waals surface area contributed by atoms with Crippen LogP contribution in [-0.2, 0) is 4.79 Å². The van der Waals surface area contributed by atoms with Gasteiger partial charge in [0.05, 0.1) is 5.69 Å². The van der Waals surface area contributed by atoms with Crippen LogP contribution in [0.15, 0.2) is 29.6 Å². The van der Waals surface area contributed by atoms with E-state index in [-0.39, 0.29) is 24.2 Å². The second kappa shape index (κ2) is 6.72. The van der Waals surface area contributed by atoms with Crippen LogP contribution >= 0.6 is 11.3 Å². The van der Waals surface area contributed by atoms with Crippen molar-refractivity contribution in [1.82, 2.24) is 14.3 Å². The monoisotopic (exact) mass is 373 g/mol. The fourth-order valence-electron chi connectivity index (χ4n) is 3.52. The van der Waals surface area contributed by atoms with Crippen molar-refractivity contribution in [2.45, 2.75) is 26.2 Å². The molecule has 1 atom stereocenters. The van der Waals surface area contributed by atoms with Crippen LogP contribution in [0.3, 0.4) is 0 Å². The highest BCUT2D eigenvalue weighted by Crippen LogP contribution is 2.33. The van der Waals surface area contributed by atoms with Crippen LogP contribution < -0.4 is 4.74 Å². The minimum absolute atomic E-state index is 0.108. The zero-order valence-electron chi connectivity index (χ0n) is 14.7. The smallest absolute Gasteiger partial charge is 0.260 e. The third-order valence-corrected chi connectivity index (χ3v) is 5.91. The first kappa shape index (κ1) is 17.0. The molecule has 3 heterocycles. The van der Waals surface area contributed by atoms with E-state index < -0.39 is 5.82 Å². The van der Waals surface area contributed by atoms with E-state index in [1.807, 2.05) is 6.92 Å². The van der Waals surface area contributed by atoms with Gasteiger partial charge in [-0.3, -0.25) is 9.20 Å². The Morgan fingerprint density at radius 1 is 1.38 bits per heavy atom. The van der Waals surface area contributed by atoms with Crippen molar-refractivity contribution in [2.24, 2.45) is 0 Å². The van der Waals surface area contributed by atoms with Crippen LogP contribution in [0.5, 0.6) is 5.75 Å². The van der Waals surface area contributed by atoms with Gasteiger partial charge in [0.2, 0.25) is 0 Å². The van der Waals surface area contributed by atoms with Crippen molar-refractivity contribution < 1.29 is 13.9 Å². The van der Waals surface area contributed by atoms with Crippen LogP contribution in [0.1, 0.15) is 29.6 Å². The molecule has 26 heavy (non-hydrogen) atoms. The molecule has 4 rings (SSSR count). The summed E-state index contributed by atoms with van der Waals surface area (Å²) in [6.07, 6.45) is 0.883. The lowest BCUT2D eigenvalue weighted by atomic mass is 10.1. The molecule has 0 radical (unpaired) electrons. The summed E-state index contributed by atoms with van der Waals surface area (Å²) in [6, 6.07) is 6.12. The quantitative estimate of drug-likeness (QED) is 0.703. The molecule has 1 aromatic carbocycles. The highest BCUT2D eigenvalue weighted by Gasteiger charge is 2.31. The molecule has 0 N–H and O–H groups in total. The lowest BCUT2D eigenvalue weighted by molar-refractivity contribution is -0.132. The highest BCUT2D eigenvalue weighted by atomic mass is 32.1. The zero-order chi connectivity index (χ0) is 18.3. The zero-order valence-corrected chi connectivity index (χ0v) is 15.6. The van der Waals surface area contributed by atoms with Gasteiger partial charge in [-0.25, -0.2) is 9.37 Å². The maximum Gasteiger partial charge on any atom is 0.260 e. The number of halogens is 1. The van der Waals surface area contributed by atoms with Gasteiger partial charge in [0.1, 0.15) is 10.7 Å². The number of para-hydroxylation sites is 1. The number of hydrogen-bond donors (Lipinski definition) is 0. The first-order valence-corrected chi connectivity index (χ1v) is 9.50. The van der Waals surface area contributed by atoms with Crippen molar-refractivity contribution in [2.75, 3.05) is 19.7 Å². The number of carbonyl (C=O) groups is 1. The molecule has 1 fully saturated rings. The van der Waals surface area contributed by atoms with Gasteiger partial charge < -0.3 is 9.64 Å². The van der Waals surface area contributed by atoms with Crippen molar-refractivity contribution in [3.8, 4) is 5.75 Å². The van der Waals surface area contributed by atoms with E-state index in [1.165, 1.54) is 22.7 Å². The summed E-state index contributed by atoms with van der Waals surface area (Å²) in [5.74, 6) is 0.751. The minimum atomic E-state index is -0.455. The molecule has 7 heteroatoms. The number of carbonyl (C=O) groups excluding carboxylic acids is 1. The Hall–Kier alpha value is -2.41. The molecule has 1 unspecified atom stereocenters. The van der Waals surface area contributed by atoms with Crippen LogP contribution in [0.4, 0.5) is 4.39 Å². The lowest BCUT2D eigenvalue weighted by Crippen LogP contribution is -2.33. The second-order valence-electron chi connectivity index (χ2n) is 6.61. The molecule has 1 aliphatic heterocycles. The summed E-state index contributed by atoms with van der Waals surface area (Å²) >= 11 is 1.70. The SMILES string of the molecule is Cc1csc2c(C3CCN(C(=O)COc4ccccc4F)C3)nc(C)n12. The molecule has 0 spiro atoms. The topological polar surface area (TPSA) is 46.8 Å². The van der Waals surface area contributed by atoms with Crippen molar-refractivity contribution in [1.29, 1.82) is 0 Å². The first-order valence-electron chi connectivity index (χ1n) is 8.62. The number of thiazole rings is 1. The number of rotatable bonds is 4. The number of likely N-dealkylation sites (tertiary alicyclic amines) is 1. The standard InChI is InChI=1S/C19H20FN3O2S/c1-12-11-26-19-18(21-13(2)23(12)19)14-7-8-22(9-14)17(24)10-25-16-6-4-3-5-15(16)20/h3-6,11,14H,7-10H2,1-2H3. The van der Waals surface area contributed by atoms with Gasteiger partial charge in [0.15, 0.2) is 18.2 Å². The molecule has 3 aromatic rings. The van der Waals surface area contributed by atoms with Crippen LogP contribution in [-0.4, -0.2) is 39.9 Å². The summed E-state index contributed by atoms with van der Waals surface area (Å²) in [7, 11) is 0. The summed E-state index contributed by atoms with van der Waals surface area (Å²) in [5.41, 5.74) is 2.26. The van der Waals surface area contributed by atoms with Gasteiger partial charge in [0.25, 0.3) is 5.91 Å². The number of aromatic nitrogens is 2. The van der Waals surface area contributed by atoms with Crippen molar-refractivity contribution in [3.63, 3.8) is 0 Å². The third kappa shape index (κ3) is 2.96. The van der Waals surface area contributed by atoms with Crippen molar-refractivity contribution in [3.05, 3.63) is 52.7 Å². The Morgan fingerprint density at radius 3 is 3.00 bits per heavy atom. The molecule has 1 amide bonds. The predicted molar refractivity (Wildman–Crippen MR) is 98.4 cm³/mol. The average Bonchev–Trinajstić information content (AvgIpc) is 3.32. The number of benzene rings is 1. The Bertz CT molecular complexity index is 965. The minimum Gasteiger partial charge on any atom is -0.481 e.